The Morgan fingerprint density at radius 1 is 0.914 bits per heavy atom. The number of carbonyl (C=O) groups excluding carboxylic acids is 1. The Hall–Kier alpha value is -3.84. The smallest absolute Gasteiger partial charge is 0.238 e. The minimum Gasteiger partial charge on any atom is -0.344 e. The van der Waals surface area contributed by atoms with Crippen molar-refractivity contribution < 1.29 is 4.79 Å². The molecular weight excluding hydrogens is 436 g/mol. The van der Waals surface area contributed by atoms with Crippen molar-refractivity contribution in [2.45, 2.75) is 37.4 Å². The molecule has 1 amide bonds. The van der Waals surface area contributed by atoms with E-state index in [1.807, 2.05) is 42.5 Å². The first-order valence-corrected chi connectivity index (χ1v) is 12.2. The van der Waals surface area contributed by atoms with Gasteiger partial charge in [0.05, 0.1) is 18.1 Å². The van der Waals surface area contributed by atoms with Gasteiger partial charge in [0, 0.05) is 6.54 Å². The molecule has 178 valence electrons. The van der Waals surface area contributed by atoms with E-state index in [0.29, 0.717) is 6.42 Å². The fraction of sp³-hybridized carbons (Fsp3) is 0.286. The predicted octanol–water partition coefficient (Wildman–Crippen LogP) is 3.83. The number of hydrogen-bond donors (Lipinski definition) is 1. The maximum atomic E-state index is 13.7. The maximum Gasteiger partial charge on any atom is 0.238 e. The number of nitrogens with zero attached hydrogens (tertiary/aromatic N) is 5. The number of aryl methyl sites for hydroxylation is 1. The van der Waals surface area contributed by atoms with Gasteiger partial charge in [0.2, 0.25) is 5.91 Å². The molecule has 5 rings (SSSR count). The van der Waals surface area contributed by atoms with Crippen LogP contribution in [0.5, 0.6) is 0 Å². The van der Waals surface area contributed by atoms with Gasteiger partial charge in [0.25, 0.3) is 0 Å². The monoisotopic (exact) mass is 466 g/mol. The Morgan fingerprint density at radius 3 is 2.14 bits per heavy atom. The number of amides is 1. The molecule has 7 nitrogen and oxygen atoms in total. The zero-order valence-corrected chi connectivity index (χ0v) is 19.6. The second kappa shape index (κ2) is 11.1. The molecule has 0 bridgehead atoms. The number of benzene rings is 3. The van der Waals surface area contributed by atoms with Gasteiger partial charge in [-0.1, -0.05) is 91.0 Å². The topological polar surface area (TPSA) is 75.9 Å². The third kappa shape index (κ3) is 5.63. The van der Waals surface area contributed by atoms with Crippen molar-refractivity contribution in [1.82, 2.24) is 30.4 Å². The van der Waals surface area contributed by atoms with Crippen LogP contribution >= 0.6 is 0 Å². The van der Waals surface area contributed by atoms with Gasteiger partial charge in [0.1, 0.15) is 6.33 Å². The van der Waals surface area contributed by atoms with Gasteiger partial charge in [-0.05, 0) is 52.9 Å². The summed E-state index contributed by atoms with van der Waals surface area (Å²) in [5.41, 5.74) is 3.45. The van der Waals surface area contributed by atoms with Gasteiger partial charge in [-0.3, -0.25) is 9.69 Å². The minimum absolute atomic E-state index is 0.0398. The highest BCUT2D eigenvalue weighted by molar-refractivity contribution is 5.83. The van der Waals surface area contributed by atoms with Crippen molar-refractivity contribution >= 4 is 5.91 Å². The summed E-state index contributed by atoms with van der Waals surface area (Å²) in [7, 11) is 0. The normalized spacial score (nSPS) is 18.1. The molecule has 0 saturated carbocycles. The fourth-order valence-electron chi connectivity index (χ4n) is 4.95. The summed E-state index contributed by atoms with van der Waals surface area (Å²) < 4.78 is 1.78. The van der Waals surface area contributed by atoms with Crippen molar-refractivity contribution in [2.24, 2.45) is 0 Å². The maximum absolute atomic E-state index is 13.7. The van der Waals surface area contributed by atoms with Crippen LogP contribution in [0.25, 0.3) is 0 Å². The Kier molecular flexibility index (Phi) is 7.24. The van der Waals surface area contributed by atoms with Gasteiger partial charge in [-0.15, -0.1) is 5.10 Å². The first-order valence-electron chi connectivity index (χ1n) is 12.2. The van der Waals surface area contributed by atoms with E-state index in [1.54, 1.807) is 11.0 Å². The number of rotatable bonds is 9. The lowest BCUT2D eigenvalue weighted by atomic mass is 9.98. The van der Waals surface area contributed by atoms with Crippen LogP contribution in [0, 0.1) is 0 Å². The van der Waals surface area contributed by atoms with Crippen LogP contribution in [0.15, 0.2) is 97.3 Å². The standard InChI is InChI=1S/C28H30N6O/c35-28(30-27(23-14-6-2-7-15-23)24-16-8-3-9-17-24)26-19-25(34-21-29-31-32-34)20-33(26)18-10-13-22-11-4-1-5-12-22/h1-9,11-12,14-17,21,25-27H,10,13,18-20H2,(H,30,35)/t25-,26+/m1/s1. The Labute approximate surface area is 205 Å². The van der Waals surface area contributed by atoms with Crippen molar-refractivity contribution in [3.8, 4) is 0 Å². The van der Waals surface area contributed by atoms with Crippen molar-refractivity contribution in [3.05, 3.63) is 114 Å². The summed E-state index contributed by atoms with van der Waals surface area (Å²) >= 11 is 0. The molecule has 2 heterocycles. The zero-order chi connectivity index (χ0) is 23.9. The van der Waals surface area contributed by atoms with Gasteiger partial charge in [-0.2, -0.15) is 0 Å². The third-order valence-electron chi connectivity index (χ3n) is 6.73. The van der Waals surface area contributed by atoms with E-state index >= 15 is 0 Å². The average molecular weight is 467 g/mol. The Balaban J connectivity index is 1.33. The fourth-order valence-corrected chi connectivity index (χ4v) is 4.95. The number of carbonyl (C=O) groups is 1. The second-order valence-corrected chi connectivity index (χ2v) is 9.04. The summed E-state index contributed by atoms with van der Waals surface area (Å²) in [5.74, 6) is 0.0398. The largest absolute Gasteiger partial charge is 0.344 e. The van der Waals surface area contributed by atoms with Crippen LogP contribution in [-0.4, -0.2) is 50.1 Å². The zero-order valence-electron chi connectivity index (χ0n) is 19.6. The van der Waals surface area contributed by atoms with Crippen LogP contribution < -0.4 is 5.32 Å². The highest BCUT2D eigenvalue weighted by Gasteiger charge is 2.38. The minimum atomic E-state index is -0.241. The molecule has 1 saturated heterocycles. The van der Waals surface area contributed by atoms with E-state index in [1.165, 1.54) is 5.56 Å². The van der Waals surface area contributed by atoms with Gasteiger partial charge >= 0.3 is 0 Å². The van der Waals surface area contributed by atoms with Gasteiger partial charge < -0.3 is 5.32 Å². The average Bonchev–Trinajstić information content (AvgIpc) is 3.59. The summed E-state index contributed by atoms with van der Waals surface area (Å²) in [4.78, 5) is 16.0. The molecule has 0 unspecified atom stereocenters. The first kappa shape index (κ1) is 22.9. The van der Waals surface area contributed by atoms with Crippen LogP contribution in [-0.2, 0) is 11.2 Å². The van der Waals surface area contributed by atoms with Gasteiger partial charge in [-0.25, -0.2) is 4.68 Å². The first-order chi connectivity index (χ1) is 17.3. The number of likely N-dealkylation sites (tertiary alicyclic amines) is 1. The van der Waals surface area contributed by atoms with E-state index < -0.39 is 0 Å². The van der Waals surface area contributed by atoms with Crippen LogP contribution in [0.4, 0.5) is 0 Å². The van der Waals surface area contributed by atoms with E-state index in [9.17, 15) is 4.79 Å². The van der Waals surface area contributed by atoms with Gasteiger partial charge in [0.15, 0.2) is 0 Å². The molecule has 1 N–H and O–H groups in total. The predicted molar refractivity (Wildman–Crippen MR) is 134 cm³/mol. The van der Waals surface area contributed by atoms with E-state index in [4.69, 9.17) is 0 Å². The van der Waals surface area contributed by atoms with Crippen molar-refractivity contribution in [1.29, 1.82) is 0 Å². The summed E-state index contributed by atoms with van der Waals surface area (Å²) in [6, 6.07) is 30.4. The summed E-state index contributed by atoms with van der Waals surface area (Å²) in [6.45, 7) is 1.59. The molecule has 0 radical (unpaired) electrons. The highest BCUT2D eigenvalue weighted by atomic mass is 16.2. The number of hydrogen-bond acceptors (Lipinski definition) is 5. The van der Waals surface area contributed by atoms with Crippen molar-refractivity contribution in [2.75, 3.05) is 13.1 Å². The van der Waals surface area contributed by atoms with Crippen molar-refractivity contribution in [3.63, 3.8) is 0 Å². The van der Waals surface area contributed by atoms with Crippen LogP contribution in [0.3, 0.4) is 0 Å². The number of tetrazole rings is 1. The molecule has 3 aromatic carbocycles. The van der Waals surface area contributed by atoms with Crippen LogP contribution in [0.2, 0.25) is 0 Å². The van der Waals surface area contributed by atoms with Crippen LogP contribution in [0.1, 0.15) is 41.6 Å². The Morgan fingerprint density at radius 2 is 1.54 bits per heavy atom. The molecule has 1 aliphatic rings. The summed E-state index contributed by atoms with van der Waals surface area (Å²) in [5, 5.41) is 15.1. The SMILES string of the molecule is O=C(NC(c1ccccc1)c1ccccc1)[C@@H]1C[C@@H](n2cnnn2)CN1CCCc1ccccc1. The lowest BCUT2D eigenvalue weighted by Gasteiger charge is -2.27. The van der Waals surface area contributed by atoms with E-state index in [2.05, 4.69) is 74.3 Å². The molecule has 4 aromatic rings. The highest BCUT2D eigenvalue weighted by Crippen LogP contribution is 2.29. The molecule has 35 heavy (non-hydrogen) atoms. The second-order valence-electron chi connectivity index (χ2n) is 9.04. The number of aromatic nitrogens is 4. The van der Waals surface area contributed by atoms with E-state index in [0.717, 1.165) is 37.1 Å². The quantitative estimate of drug-likeness (QED) is 0.406. The molecule has 2 atom stereocenters. The Bertz CT molecular complexity index is 1140. The molecule has 1 aromatic heterocycles. The summed E-state index contributed by atoms with van der Waals surface area (Å²) in [6.07, 6.45) is 4.29. The molecule has 7 heteroatoms. The molecule has 1 fully saturated rings. The number of nitrogens with one attached hydrogen (secondary N) is 1. The lowest BCUT2D eigenvalue weighted by Crippen LogP contribution is -2.45. The molecular formula is C28H30N6O. The third-order valence-corrected chi connectivity index (χ3v) is 6.73. The molecule has 0 aliphatic carbocycles. The molecule has 1 aliphatic heterocycles. The molecule has 0 spiro atoms. The van der Waals surface area contributed by atoms with E-state index in [-0.39, 0.29) is 24.0 Å². The lowest BCUT2D eigenvalue weighted by molar-refractivity contribution is -0.126.